The number of hydrogen-bond donors (Lipinski definition) is 3. The first-order valence-corrected chi connectivity index (χ1v) is 8.53. The lowest BCUT2D eigenvalue weighted by atomic mass is 9.87. The number of H-pyrrole nitrogens is 1. The van der Waals surface area contributed by atoms with E-state index in [0.717, 1.165) is 5.57 Å². The fraction of sp³-hybridized carbons (Fsp3) is 0.150. The molecule has 1 aliphatic carbocycles. The van der Waals surface area contributed by atoms with E-state index in [9.17, 15) is 14.7 Å². The molecule has 8 nitrogen and oxygen atoms in total. The number of benzene rings is 1. The summed E-state index contributed by atoms with van der Waals surface area (Å²) in [6.07, 6.45) is 5.03. The smallest absolute Gasteiger partial charge is 0.234 e. The molecule has 0 saturated heterocycles. The Hall–Kier alpha value is -3.81. The quantitative estimate of drug-likeness (QED) is 0.461. The highest BCUT2D eigenvalue weighted by molar-refractivity contribution is 6.52. The van der Waals surface area contributed by atoms with Gasteiger partial charge in [-0.25, -0.2) is 15.0 Å². The van der Waals surface area contributed by atoms with E-state index in [4.69, 9.17) is 5.73 Å². The predicted octanol–water partition coefficient (Wildman–Crippen LogP) is 3.01. The molecule has 28 heavy (non-hydrogen) atoms. The molecule has 0 radical (unpaired) electrons. The number of carbonyl (C=O) groups excluding carboxylic acids is 2. The largest absolute Gasteiger partial charge is 0.507 e. The number of nitrogens with two attached hydrogens (primary N) is 1. The van der Waals surface area contributed by atoms with Crippen molar-refractivity contribution in [3.8, 4) is 0 Å². The van der Waals surface area contributed by atoms with Gasteiger partial charge in [0.05, 0.1) is 6.33 Å². The minimum atomic E-state index is -0.608. The molecule has 8 heteroatoms. The van der Waals surface area contributed by atoms with E-state index in [0.29, 0.717) is 22.5 Å². The highest BCUT2D eigenvalue weighted by Gasteiger charge is 2.31. The zero-order valence-electron chi connectivity index (χ0n) is 15.4. The van der Waals surface area contributed by atoms with Gasteiger partial charge in [-0.2, -0.15) is 0 Å². The second kappa shape index (κ2) is 7.83. The molecule has 0 fully saturated rings. The first-order valence-electron chi connectivity index (χ1n) is 8.53. The van der Waals surface area contributed by atoms with E-state index in [-0.39, 0.29) is 23.3 Å². The van der Waals surface area contributed by atoms with Crippen LogP contribution in [-0.2, 0) is 4.79 Å². The van der Waals surface area contributed by atoms with Crippen LogP contribution >= 0.6 is 0 Å². The monoisotopic (exact) mass is 377 g/mol. The maximum absolute atomic E-state index is 11.9. The standard InChI is InChI=1S/C15H14O3.C5H5N5/c1-9(2)7-8-12-13(16)10-5-3-4-6-11(10)14(17)15(12)18;6-4-3-5(9-1-7-3)10-2-8-4/h3-7,16H,8H2,1-2H3;1-2H,(H3,6,7,8,9,10). The Morgan fingerprint density at radius 1 is 1.11 bits per heavy atom. The second-order valence-corrected chi connectivity index (χ2v) is 6.38. The van der Waals surface area contributed by atoms with Gasteiger partial charge in [-0.3, -0.25) is 9.59 Å². The summed E-state index contributed by atoms with van der Waals surface area (Å²) in [6, 6.07) is 6.62. The number of aliphatic hydroxyl groups excluding tert-OH is 1. The average Bonchev–Trinajstić information content (AvgIpc) is 3.17. The number of anilines is 1. The highest BCUT2D eigenvalue weighted by Crippen LogP contribution is 2.29. The molecule has 1 aliphatic rings. The first-order chi connectivity index (χ1) is 13.4. The topological polar surface area (TPSA) is 135 Å². The molecule has 0 saturated carbocycles. The summed E-state index contributed by atoms with van der Waals surface area (Å²) in [5, 5.41) is 10.1. The third-order valence-electron chi connectivity index (χ3n) is 4.16. The number of nitrogens with zero attached hydrogens (tertiary/aromatic N) is 3. The molecule has 0 atom stereocenters. The molecule has 0 spiro atoms. The Balaban J connectivity index is 0.000000188. The SMILES string of the molecule is CC(C)=CCC1=C(O)c2ccccc2C(=O)C1=O.Nc1ncnc2nc[nH]c12. The number of rotatable bonds is 2. The summed E-state index contributed by atoms with van der Waals surface area (Å²) in [5.74, 6) is -0.792. The Bertz CT molecular complexity index is 1120. The van der Waals surface area contributed by atoms with E-state index in [1.807, 2.05) is 19.9 Å². The molecule has 4 N–H and O–H groups in total. The van der Waals surface area contributed by atoms with Gasteiger partial charge in [0.25, 0.3) is 0 Å². The van der Waals surface area contributed by atoms with Gasteiger partial charge >= 0.3 is 0 Å². The van der Waals surface area contributed by atoms with Gasteiger partial charge in [0.2, 0.25) is 11.6 Å². The van der Waals surface area contributed by atoms with Crippen molar-refractivity contribution in [3.63, 3.8) is 0 Å². The molecular formula is C20H19N5O3. The molecule has 0 unspecified atom stereocenters. The lowest BCUT2D eigenvalue weighted by molar-refractivity contribution is -0.112. The lowest BCUT2D eigenvalue weighted by Gasteiger charge is -2.16. The minimum absolute atomic E-state index is 0.0762. The molecule has 142 valence electrons. The van der Waals surface area contributed by atoms with Crippen molar-refractivity contribution in [2.45, 2.75) is 20.3 Å². The fourth-order valence-electron chi connectivity index (χ4n) is 2.70. The number of aliphatic hydroxyl groups is 1. The third-order valence-corrected chi connectivity index (χ3v) is 4.16. The summed E-state index contributed by atoms with van der Waals surface area (Å²) in [5.41, 5.74) is 8.72. The zero-order chi connectivity index (χ0) is 20.3. The predicted molar refractivity (Wildman–Crippen MR) is 105 cm³/mol. The molecule has 3 aromatic rings. The number of nitrogens with one attached hydrogen (secondary N) is 1. The van der Waals surface area contributed by atoms with Gasteiger partial charge in [0.1, 0.15) is 17.6 Å². The van der Waals surface area contributed by atoms with Crippen molar-refractivity contribution < 1.29 is 14.7 Å². The van der Waals surface area contributed by atoms with Crippen LogP contribution in [0.2, 0.25) is 0 Å². The number of Topliss-reactive ketones (excluding diaryl/α,β-unsaturated/α-hetero) is 2. The zero-order valence-corrected chi connectivity index (χ0v) is 15.4. The molecule has 0 bridgehead atoms. The van der Waals surface area contributed by atoms with E-state index >= 15 is 0 Å². The van der Waals surface area contributed by atoms with Crippen molar-refractivity contribution >= 4 is 34.3 Å². The number of fused-ring (bicyclic) bond motifs is 2. The lowest BCUT2D eigenvalue weighted by Crippen LogP contribution is -2.23. The maximum Gasteiger partial charge on any atom is 0.234 e. The normalized spacial score (nSPS) is 13.1. The Morgan fingerprint density at radius 2 is 1.82 bits per heavy atom. The van der Waals surface area contributed by atoms with Crippen molar-refractivity contribution in [2.75, 3.05) is 5.73 Å². The Morgan fingerprint density at radius 3 is 2.50 bits per heavy atom. The van der Waals surface area contributed by atoms with Gasteiger partial charge < -0.3 is 15.8 Å². The van der Waals surface area contributed by atoms with Crippen molar-refractivity contribution in [1.29, 1.82) is 0 Å². The van der Waals surface area contributed by atoms with Crippen LogP contribution in [0.4, 0.5) is 5.82 Å². The third kappa shape index (κ3) is 3.66. The van der Waals surface area contributed by atoms with Gasteiger partial charge in [0.15, 0.2) is 11.5 Å². The number of hydrogen-bond acceptors (Lipinski definition) is 7. The van der Waals surface area contributed by atoms with Crippen LogP contribution in [0, 0.1) is 0 Å². The van der Waals surface area contributed by atoms with Crippen LogP contribution in [0.25, 0.3) is 16.9 Å². The van der Waals surface area contributed by atoms with Gasteiger partial charge in [-0.15, -0.1) is 0 Å². The van der Waals surface area contributed by atoms with Gasteiger partial charge in [-0.05, 0) is 20.3 Å². The van der Waals surface area contributed by atoms with Crippen molar-refractivity contribution in [2.24, 2.45) is 0 Å². The van der Waals surface area contributed by atoms with Crippen LogP contribution < -0.4 is 5.73 Å². The van der Waals surface area contributed by atoms with E-state index < -0.39 is 11.6 Å². The molecule has 4 rings (SSSR count). The van der Waals surface area contributed by atoms with Crippen LogP contribution in [0.1, 0.15) is 36.2 Å². The number of allylic oxidation sites excluding steroid dienone is 3. The number of carbonyl (C=O) groups is 2. The number of aromatic nitrogens is 4. The van der Waals surface area contributed by atoms with Gasteiger partial charge in [-0.1, -0.05) is 35.9 Å². The summed E-state index contributed by atoms with van der Waals surface area (Å²) in [6.45, 7) is 3.81. The van der Waals surface area contributed by atoms with Crippen LogP contribution in [0.3, 0.4) is 0 Å². The summed E-state index contributed by atoms with van der Waals surface area (Å²) < 4.78 is 0. The van der Waals surface area contributed by atoms with E-state index in [1.165, 1.54) is 12.7 Å². The molecule has 2 heterocycles. The van der Waals surface area contributed by atoms with Gasteiger partial charge in [0, 0.05) is 16.7 Å². The van der Waals surface area contributed by atoms with Crippen LogP contribution in [-0.4, -0.2) is 36.6 Å². The van der Waals surface area contributed by atoms with Crippen molar-refractivity contribution in [1.82, 2.24) is 19.9 Å². The summed E-state index contributed by atoms with van der Waals surface area (Å²) in [4.78, 5) is 38.2. The van der Waals surface area contributed by atoms with Crippen LogP contribution in [0.5, 0.6) is 0 Å². The fourth-order valence-corrected chi connectivity index (χ4v) is 2.70. The first kappa shape index (κ1) is 19.0. The van der Waals surface area contributed by atoms with Crippen LogP contribution in [0.15, 0.2) is 54.1 Å². The summed E-state index contributed by atoms with van der Waals surface area (Å²) >= 11 is 0. The minimum Gasteiger partial charge on any atom is -0.507 e. The van der Waals surface area contributed by atoms with Crippen molar-refractivity contribution in [3.05, 3.63) is 65.3 Å². The number of aromatic amines is 1. The molecule has 0 aliphatic heterocycles. The van der Waals surface area contributed by atoms with E-state index in [1.54, 1.807) is 24.3 Å². The maximum atomic E-state index is 11.9. The van der Waals surface area contributed by atoms with E-state index in [2.05, 4.69) is 19.9 Å². The highest BCUT2D eigenvalue weighted by atomic mass is 16.3. The summed E-state index contributed by atoms with van der Waals surface area (Å²) in [7, 11) is 0. The Labute approximate surface area is 160 Å². The molecular weight excluding hydrogens is 358 g/mol. The number of imidazole rings is 1. The second-order valence-electron chi connectivity index (χ2n) is 6.38. The number of ketones is 2. The average molecular weight is 377 g/mol. The number of nitrogen functional groups attached to an aromatic ring is 1. The molecule has 2 aromatic heterocycles. The Kier molecular flexibility index (Phi) is 5.30. The molecule has 1 aromatic carbocycles. The molecule has 0 amide bonds.